The topological polar surface area (TPSA) is 94.0 Å². The minimum Gasteiger partial charge on any atom is -0.383 e. The largest absolute Gasteiger partial charge is 0.383 e. The van der Waals surface area contributed by atoms with Gasteiger partial charge < -0.3 is 15.6 Å². The maximum Gasteiger partial charge on any atom is 0.260 e. The Morgan fingerprint density at radius 1 is 1.56 bits per heavy atom. The van der Waals surface area contributed by atoms with Gasteiger partial charge in [-0.2, -0.15) is 0 Å². The lowest BCUT2D eigenvalue weighted by Gasteiger charge is -2.04. The molecule has 0 aliphatic carbocycles. The van der Waals surface area contributed by atoms with Crippen molar-refractivity contribution in [1.82, 2.24) is 10.1 Å². The molecule has 7 heteroatoms. The van der Waals surface area contributed by atoms with Crippen molar-refractivity contribution in [2.45, 2.75) is 0 Å². The lowest BCUT2D eigenvalue weighted by Crippen LogP contribution is -2.15. The number of hydrogen-bond acceptors (Lipinski definition) is 5. The molecule has 0 saturated carbocycles. The highest BCUT2D eigenvalue weighted by Crippen LogP contribution is 2.16. The zero-order valence-electron chi connectivity index (χ0n) is 7.98. The van der Waals surface area contributed by atoms with E-state index < -0.39 is 0 Å². The molecule has 0 radical (unpaired) electrons. The number of carbonyl (C=O) groups is 1. The maximum absolute atomic E-state index is 11.8. The van der Waals surface area contributed by atoms with E-state index in [0.717, 1.165) is 0 Å². The van der Waals surface area contributed by atoms with Gasteiger partial charge in [-0.3, -0.25) is 4.79 Å². The molecule has 2 aromatic heterocycles. The van der Waals surface area contributed by atoms with Crippen molar-refractivity contribution in [2.24, 2.45) is 0 Å². The van der Waals surface area contributed by atoms with Gasteiger partial charge in [-0.15, -0.1) is 0 Å². The van der Waals surface area contributed by atoms with Gasteiger partial charge in [0, 0.05) is 16.7 Å². The normalized spacial score (nSPS) is 10.1. The van der Waals surface area contributed by atoms with E-state index in [1.807, 2.05) is 0 Å². The Hall–Kier alpha value is -1.89. The summed E-state index contributed by atoms with van der Waals surface area (Å²) in [4.78, 5) is 15.6. The average Bonchev–Trinajstić information content (AvgIpc) is 2.74. The van der Waals surface area contributed by atoms with Crippen LogP contribution in [0.4, 0.5) is 11.6 Å². The number of carbonyl (C=O) groups excluding carboxylic acids is 1. The Labute approximate surface area is 99.0 Å². The van der Waals surface area contributed by atoms with Crippen LogP contribution in [-0.2, 0) is 0 Å². The van der Waals surface area contributed by atoms with Crippen LogP contribution in [0.3, 0.4) is 0 Å². The number of anilines is 2. The van der Waals surface area contributed by atoms with Crippen LogP contribution in [0, 0.1) is 0 Å². The summed E-state index contributed by atoms with van der Waals surface area (Å²) in [6.07, 6.45) is 2.88. The van der Waals surface area contributed by atoms with Crippen molar-refractivity contribution in [2.75, 3.05) is 11.1 Å². The van der Waals surface area contributed by atoms with E-state index in [4.69, 9.17) is 5.73 Å². The first-order chi connectivity index (χ1) is 7.66. The predicted molar refractivity (Wildman–Crippen MR) is 60.8 cm³/mol. The van der Waals surface area contributed by atoms with Gasteiger partial charge >= 0.3 is 0 Å². The lowest BCUT2D eigenvalue weighted by atomic mass is 10.2. The van der Waals surface area contributed by atoms with Crippen molar-refractivity contribution in [3.63, 3.8) is 0 Å². The van der Waals surface area contributed by atoms with Crippen LogP contribution in [0.1, 0.15) is 10.4 Å². The van der Waals surface area contributed by atoms with E-state index in [2.05, 4.69) is 35.9 Å². The highest BCUT2D eigenvalue weighted by atomic mass is 79.9. The second-order valence-electron chi connectivity index (χ2n) is 2.93. The molecular weight excluding hydrogens is 276 g/mol. The molecule has 0 saturated heterocycles. The van der Waals surface area contributed by atoms with Gasteiger partial charge in [0.05, 0.1) is 5.56 Å². The van der Waals surface area contributed by atoms with Gasteiger partial charge in [-0.1, -0.05) is 5.16 Å². The van der Waals surface area contributed by atoms with E-state index in [0.29, 0.717) is 10.3 Å². The zero-order chi connectivity index (χ0) is 11.5. The number of amides is 1. The number of aromatic nitrogens is 2. The second-order valence-corrected chi connectivity index (χ2v) is 3.84. The predicted octanol–water partition coefficient (Wildman–Crippen LogP) is 1.67. The SMILES string of the molecule is Nc1ncc(Br)cc1C(=O)Nc1ccon1. The minimum atomic E-state index is -0.389. The molecule has 2 aromatic rings. The Morgan fingerprint density at radius 3 is 3.06 bits per heavy atom. The molecule has 0 unspecified atom stereocenters. The van der Waals surface area contributed by atoms with Crippen molar-refractivity contribution >= 4 is 33.5 Å². The number of pyridine rings is 1. The molecule has 16 heavy (non-hydrogen) atoms. The van der Waals surface area contributed by atoms with Gasteiger partial charge in [0.25, 0.3) is 5.91 Å². The van der Waals surface area contributed by atoms with E-state index in [1.165, 1.54) is 18.5 Å². The first-order valence-electron chi connectivity index (χ1n) is 4.29. The quantitative estimate of drug-likeness (QED) is 0.874. The standard InChI is InChI=1S/C9H7BrN4O2/c10-5-3-6(8(11)12-4-5)9(15)13-7-1-2-16-14-7/h1-4H,(H2,11,12)(H,13,14,15). The lowest BCUT2D eigenvalue weighted by molar-refractivity contribution is 0.102. The summed E-state index contributed by atoms with van der Waals surface area (Å²) < 4.78 is 5.26. The Kier molecular flexibility index (Phi) is 2.86. The zero-order valence-corrected chi connectivity index (χ0v) is 9.56. The minimum absolute atomic E-state index is 0.157. The molecule has 6 nitrogen and oxygen atoms in total. The fourth-order valence-electron chi connectivity index (χ4n) is 1.09. The Morgan fingerprint density at radius 2 is 2.38 bits per heavy atom. The number of nitrogens with one attached hydrogen (secondary N) is 1. The fraction of sp³-hybridized carbons (Fsp3) is 0. The van der Waals surface area contributed by atoms with Crippen molar-refractivity contribution < 1.29 is 9.32 Å². The number of hydrogen-bond donors (Lipinski definition) is 2. The molecule has 0 aliphatic heterocycles. The summed E-state index contributed by atoms with van der Waals surface area (Å²) in [6.45, 7) is 0. The molecule has 0 aliphatic rings. The van der Waals surface area contributed by atoms with Crippen LogP contribution in [0.25, 0.3) is 0 Å². The Balaban J connectivity index is 2.24. The first kappa shape index (κ1) is 10.6. The number of nitrogens with zero attached hydrogens (tertiary/aromatic N) is 2. The van der Waals surface area contributed by atoms with Crippen molar-refractivity contribution in [3.05, 3.63) is 34.6 Å². The summed E-state index contributed by atoms with van der Waals surface area (Å²) in [7, 11) is 0. The molecular formula is C9H7BrN4O2. The highest BCUT2D eigenvalue weighted by Gasteiger charge is 2.12. The number of nitrogen functional groups attached to an aromatic ring is 1. The molecule has 0 fully saturated rings. The third-order valence-corrected chi connectivity index (χ3v) is 2.24. The monoisotopic (exact) mass is 282 g/mol. The molecule has 1 amide bonds. The molecule has 0 bridgehead atoms. The van der Waals surface area contributed by atoms with Gasteiger partial charge in [-0.05, 0) is 22.0 Å². The van der Waals surface area contributed by atoms with Crippen molar-refractivity contribution in [3.8, 4) is 0 Å². The molecule has 0 atom stereocenters. The van der Waals surface area contributed by atoms with Crippen LogP contribution < -0.4 is 11.1 Å². The van der Waals surface area contributed by atoms with Crippen LogP contribution in [0.2, 0.25) is 0 Å². The summed E-state index contributed by atoms with van der Waals surface area (Å²) in [6, 6.07) is 3.11. The van der Waals surface area contributed by atoms with E-state index >= 15 is 0 Å². The second kappa shape index (κ2) is 4.31. The smallest absolute Gasteiger partial charge is 0.260 e. The van der Waals surface area contributed by atoms with Gasteiger partial charge in [0.2, 0.25) is 0 Å². The molecule has 2 rings (SSSR count). The summed E-state index contributed by atoms with van der Waals surface area (Å²) in [5, 5.41) is 6.08. The maximum atomic E-state index is 11.8. The summed E-state index contributed by atoms with van der Waals surface area (Å²) in [5.74, 6) is 0.0915. The van der Waals surface area contributed by atoms with Crippen LogP contribution >= 0.6 is 15.9 Å². The van der Waals surface area contributed by atoms with Gasteiger partial charge in [-0.25, -0.2) is 4.98 Å². The van der Waals surface area contributed by atoms with Crippen LogP contribution in [0.5, 0.6) is 0 Å². The molecule has 0 aromatic carbocycles. The first-order valence-corrected chi connectivity index (χ1v) is 5.09. The van der Waals surface area contributed by atoms with Gasteiger partial charge in [0.15, 0.2) is 5.82 Å². The van der Waals surface area contributed by atoms with Crippen LogP contribution in [0.15, 0.2) is 33.6 Å². The molecule has 2 heterocycles. The fourth-order valence-corrected chi connectivity index (χ4v) is 1.42. The third-order valence-electron chi connectivity index (χ3n) is 1.81. The van der Waals surface area contributed by atoms with E-state index in [-0.39, 0.29) is 17.3 Å². The van der Waals surface area contributed by atoms with E-state index in [9.17, 15) is 4.79 Å². The molecule has 82 valence electrons. The highest BCUT2D eigenvalue weighted by molar-refractivity contribution is 9.10. The average molecular weight is 283 g/mol. The van der Waals surface area contributed by atoms with Crippen molar-refractivity contribution in [1.29, 1.82) is 0 Å². The van der Waals surface area contributed by atoms with Crippen LogP contribution in [-0.4, -0.2) is 16.0 Å². The molecule has 0 spiro atoms. The number of nitrogens with two attached hydrogens (primary N) is 1. The third kappa shape index (κ3) is 2.19. The summed E-state index contributed by atoms with van der Waals surface area (Å²) in [5.41, 5.74) is 5.86. The summed E-state index contributed by atoms with van der Waals surface area (Å²) >= 11 is 3.21. The Bertz CT molecular complexity index is 512. The van der Waals surface area contributed by atoms with Gasteiger partial charge in [0.1, 0.15) is 12.1 Å². The number of halogens is 1. The number of rotatable bonds is 2. The van der Waals surface area contributed by atoms with E-state index in [1.54, 1.807) is 6.07 Å². The molecule has 3 N–H and O–H groups in total.